The van der Waals surface area contributed by atoms with E-state index in [1.807, 2.05) is 61.6 Å². The van der Waals surface area contributed by atoms with Crippen LogP contribution in [0, 0.1) is 0 Å². The second kappa shape index (κ2) is 8.76. The lowest BCUT2D eigenvalue weighted by Crippen LogP contribution is -2.43. The number of aliphatic imine (C=N–C) groups is 1. The van der Waals surface area contributed by atoms with Gasteiger partial charge in [0.2, 0.25) is 5.91 Å². The van der Waals surface area contributed by atoms with E-state index >= 15 is 0 Å². The van der Waals surface area contributed by atoms with Gasteiger partial charge in [0.15, 0.2) is 5.96 Å². The molecule has 0 aliphatic carbocycles. The molecule has 0 saturated carbocycles. The van der Waals surface area contributed by atoms with Gasteiger partial charge in [0, 0.05) is 39.6 Å². The van der Waals surface area contributed by atoms with Crippen LogP contribution in [0.15, 0.2) is 53.7 Å². The lowest BCUT2D eigenvalue weighted by atomic mass is 10.2. The van der Waals surface area contributed by atoms with Crippen molar-refractivity contribution in [3.05, 3.63) is 59.9 Å². The van der Waals surface area contributed by atoms with Crippen molar-refractivity contribution in [1.82, 2.24) is 20.1 Å². The number of aromatic nitrogens is 1. The number of aryl methyl sites for hydroxylation is 1. The quantitative estimate of drug-likeness (QED) is 0.622. The SMILES string of the molecule is CN=C(NCC(=O)NCc1ccccc1)N(C)Cc1cccn1C. The molecule has 6 nitrogen and oxygen atoms in total. The van der Waals surface area contributed by atoms with Gasteiger partial charge in [0.25, 0.3) is 0 Å². The minimum absolute atomic E-state index is 0.0627. The minimum Gasteiger partial charge on any atom is -0.353 e. The molecule has 2 aromatic rings. The molecular formula is C18H25N5O. The number of nitrogens with zero attached hydrogens (tertiary/aromatic N) is 3. The van der Waals surface area contributed by atoms with Crippen molar-refractivity contribution >= 4 is 11.9 Å². The van der Waals surface area contributed by atoms with E-state index in [0.717, 1.165) is 12.1 Å². The maximum absolute atomic E-state index is 12.0. The molecule has 1 aromatic carbocycles. The Morgan fingerprint density at radius 2 is 1.92 bits per heavy atom. The van der Waals surface area contributed by atoms with Gasteiger partial charge >= 0.3 is 0 Å². The normalized spacial score (nSPS) is 11.2. The van der Waals surface area contributed by atoms with Gasteiger partial charge in [-0.05, 0) is 17.7 Å². The summed E-state index contributed by atoms with van der Waals surface area (Å²) in [5.74, 6) is 0.623. The maximum atomic E-state index is 12.0. The molecular weight excluding hydrogens is 302 g/mol. The number of rotatable bonds is 6. The zero-order valence-corrected chi connectivity index (χ0v) is 14.5. The molecule has 1 aromatic heterocycles. The predicted molar refractivity (Wildman–Crippen MR) is 96.5 cm³/mol. The third-order valence-electron chi connectivity index (χ3n) is 3.76. The molecule has 24 heavy (non-hydrogen) atoms. The van der Waals surface area contributed by atoms with Crippen LogP contribution in [0.25, 0.3) is 0 Å². The number of amides is 1. The molecule has 0 atom stereocenters. The number of hydrogen-bond acceptors (Lipinski definition) is 2. The van der Waals surface area contributed by atoms with Crippen LogP contribution in [0.1, 0.15) is 11.3 Å². The van der Waals surface area contributed by atoms with Crippen molar-refractivity contribution in [2.24, 2.45) is 12.0 Å². The molecule has 0 unspecified atom stereocenters. The summed E-state index contributed by atoms with van der Waals surface area (Å²) >= 11 is 0. The highest BCUT2D eigenvalue weighted by Gasteiger charge is 2.10. The van der Waals surface area contributed by atoms with E-state index in [4.69, 9.17) is 0 Å². The summed E-state index contributed by atoms with van der Waals surface area (Å²) in [6.07, 6.45) is 2.01. The van der Waals surface area contributed by atoms with E-state index < -0.39 is 0 Å². The average Bonchev–Trinajstić information content (AvgIpc) is 2.99. The largest absolute Gasteiger partial charge is 0.353 e. The van der Waals surface area contributed by atoms with E-state index in [-0.39, 0.29) is 12.5 Å². The summed E-state index contributed by atoms with van der Waals surface area (Å²) in [7, 11) is 5.67. The van der Waals surface area contributed by atoms with Gasteiger partial charge in [-0.25, -0.2) is 0 Å². The molecule has 128 valence electrons. The summed E-state index contributed by atoms with van der Waals surface area (Å²) < 4.78 is 2.07. The Bertz CT molecular complexity index is 678. The third kappa shape index (κ3) is 5.15. The minimum atomic E-state index is -0.0627. The smallest absolute Gasteiger partial charge is 0.239 e. The zero-order chi connectivity index (χ0) is 17.4. The summed E-state index contributed by atoms with van der Waals surface area (Å²) in [5, 5.41) is 5.98. The first-order valence-corrected chi connectivity index (χ1v) is 7.92. The highest BCUT2D eigenvalue weighted by atomic mass is 16.1. The average molecular weight is 327 g/mol. The summed E-state index contributed by atoms with van der Waals surface area (Å²) in [5.41, 5.74) is 2.25. The highest BCUT2D eigenvalue weighted by Crippen LogP contribution is 2.03. The molecule has 0 fully saturated rings. The van der Waals surface area contributed by atoms with Crippen molar-refractivity contribution in [3.63, 3.8) is 0 Å². The molecule has 0 spiro atoms. The topological polar surface area (TPSA) is 61.7 Å². The lowest BCUT2D eigenvalue weighted by molar-refractivity contribution is -0.120. The van der Waals surface area contributed by atoms with Crippen molar-refractivity contribution in [2.75, 3.05) is 20.6 Å². The van der Waals surface area contributed by atoms with E-state index in [2.05, 4.69) is 26.3 Å². The van der Waals surface area contributed by atoms with Crippen LogP contribution in [-0.4, -0.2) is 42.0 Å². The summed E-state index contributed by atoms with van der Waals surface area (Å²) in [6, 6.07) is 13.9. The summed E-state index contributed by atoms with van der Waals surface area (Å²) in [6.45, 7) is 1.44. The number of nitrogens with one attached hydrogen (secondary N) is 2. The second-order valence-electron chi connectivity index (χ2n) is 5.63. The van der Waals surface area contributed by atoms with Crippen LogP contribution < -0.4 is 10.6 Å². The van der Waals surface area contributed by atoms with Crippen LogP contribution in [-0.2, 0) is 24.9 Å². The van der Waals surface area contributed by atoms with Gasteiger partial charge in [-0.2, -0.15) is 0 Å². The van der Waals surface area contributed by atoms with Gasteiger partial charge in [0.05, 0.1) is 13.1 Å². The van der Waals surface area contributed by atoms with Crippen molar-refractivity contribution in [2.45, 2.75) is 13.1 Å². The zero-order valence-electron chi connectivity index (χ0n) is 14.5. The molecule has 0 saturated heterocycles. The molecule has 1 heterocycles. The fourth-order valence-electron chi connectivity index (χ4n) is 2.38. The Kier molecular flexibility index (Phi) is 6.42. The lowest BCUT2D eigenvalue weighted by Gasteiger charge is -2.22. The van der Waals surface area contributed by atoms with E-state index in [1.54, 1.807) is 7.05 Å². The van der Waals surface area contributed by atoms with E-state index in [9.17, 15) is 4.79 Å². The molecule has 0 aliphatic heterocycles. The van der Waals surface area contributed by atoms with E-state index in [0.29, 0.717) is 12.5 Å². The van der Waals surface area contributed by atoms with Crippen LogP contribution in [0.2, 0.25) is 0 Å². The fraction of sp³-hybridized carbons (Fsp3) is 0.333. The van der Waals surface area contributed by atoms with Gasteiger partial charge in [-0.15, -0.1) is 0 Å². The van der Waals surface area contributed by atoms with Crippen LogP contribution in [0.4, 0.5) is 0 Å². The molecule has 2 rings (SSSR count). The van der Waals surface area contributed by atoms with Crippen LogP contribution >= 0.6 is 0 Å². The summed E-state index contributed by atoms with van der Waals surface area (Å²) in [4.78, 5) is 18.2. The number of guanidine groups is 1. The van der Waals surface area contributed by atoms with Gasteiger partial charge in [-0.3, -0.25) is 9.79 Å². The predicted octanol–water partition coefficient (Wildman–Crippen LogP) is 1.35. The number of carbonyl (C=O) groups is 1. The first kappa shape index (κ1) is 17.6. The number of carbonyl (C=O) groups excluding carboxylic acids is 1. The monoisotopic (exact) mass is 327 g/mol. The number of hydrogen-bond donors (Lipinski definition) is 2. The Hall–Kier alpha value is -2.76. The van der Waals surface area contributed by atoms with Crippen molar-refractivity contribution < 1.29 is 4.79 Å². The first-order valence-electron chi connectivity index (χ1n) is 7.92. The molecule has 0 bridgehead atoms. The van der Waals surface area contributed by atoms with Crippen molar-refractivity contribution in [3.8, 4) is 0 Å². The van der Waals surface area contributed by atoms with Gasteiger partial charge in [-0.1, -0.05) is 30.3 Å². The molecule has 6 heteroatoms. The van der Waals surface area contributed by atoms with Crippen LogP contribution in [0.5, 0.6) is 0 Å². The van der Waals surface area contributed by atoms with Crippen molar-refractivity contribution in [1.29, 1.82) is 0 Å². The highest BCUT2D eigenvalue weighted by molar-refractivity contribution is 5.86. The Balaban J connectivity index is 1.78. The van der Waals surface area contributed by atoms with Crippen LogP contribution in [0.3, 0.4) is 0 Å². The molecule has 0 radical (unpaired) electrons. The maximum Gasteiger partial charge on any atom is 0.239 e. The second-order valence-corrected chi connectivity index (χ2v) is 5.63. The molecule has 2 N–H and O–H groups in total. The Labute approximate surface area is 143 Å². The Morgan fingerprint density at radius 3 is 2.54 bits per heavy atom. The fourth-order valence-corrected chi connectivity index (χ4v) is 2.38. The standard InChI is InChI=1S/C18H25N5O/c1-19-18(23(3)14-16-10-7-11-22(16)2)21-13-17(24)20-12-15-8-5-4-6-9-15/h4-11H,12-14H2,1-3H3,(H,19,21)(H,20,24). The van der Waals surface area contributed by atoms with E-state index in [1.165, 1.54) is 5.69 Å². The van der Waals surface area contributed by atoms with Gasteiger partial charge in [0.1, 0.15) is 0 Å². The number of benzene rings is 1. The first-order chi connectivity index (χ1) is 11.6. The Morgan fingerprint density at radius 1 is 1.17 bits per heavy atom. The third-order valence-corrected chi connectivity index (χ3v) is 3.76. The molecule has 0 aliphatic rings. The molecule has 1 amide bonds. The van der Waals surface area contributed by atoms with Gasteiger partial charge < -0.3 is 20.1 Å².